The van der Waals surface area contributed by atoms with Gasteiger partial charge in [-0.1, -0.05) is 29.8 Å². The van der Waals surface area contributed by atoms with Gasteiger partial charge in [0.15, 0.2) is 0 Å². The fourth-order valence-electron chi connectivity index (χ4n) is 1.81. The molecular formula is C13H10ClNOS. The first kappa shape index (κ1) is 10.8. The summed E-state index contributed by atoms with van der Waals surface area (Å²) in [5.41, 5.74) is 7.99. The van der Waals surface area contributed by atoms with E-state index in [-0.39, 0.29) is 6.04 Å². The van der Waals surface area contributed by atoms with Gasteiger partial charge in [0.05, 0.1) is 10.4 Å². The van der Waals surface area contributed by atoms with Crippen LogP contribution in [0.3, 0.4) is 0 Å². The van der Waals surface area contributed by atoms with Crippen LogP contribution in [-0.4, -0.2) is 0 Å². The average Bonchev–Trinajstić information content (AvgIpc) is 2.93. The summed E-state index contributed by atoms with van der Waals surface area (Å²) in [6, 6.07) is 11.5. The second-order valence-electron chi connectivity index (χ2n) is 3.85. The Morgan fingerprint density at radius 1 is 1.24 bits per heavy atom. The van der Waals surface area contributed by atoms with Gasteiger partial charge in [-0.3, -0.25) is 0 Å². The lowest BCUT2D eigenvalue weighted by Crippen LogP contribution is -2.09. The molecule has 0 bridgehead atoms. The molecule has 0 fully saturated rings. The standard InChI is InChI=1S/C13H10ClNOS/c14-12-6-9(7-17-12)13(15)11-5-8-3-1-2-4-10(8)16-11/h1-7,13H,15H2. The number of hydrogen-bond donors (Lipinski definition) is 1. The van der Waals surface area contributed by atoms with E-state index in [1.165, 1.54) is 11.3 Å². The molecule has 3 aromatic rings. The van der Waals surface area contributed by atoms with Crippen LogP contribution in [0.2, 0.25) is 4.34 Å². The molecule has 0 aliphatic carbocycles. The molecule has 1 atom stereocenters. The number of halogens is 1. The Hall–Kier alpha value is -1.29. The number of thiophene rings is 1. The predicted molar refractivity (Wildman–Crippen MR) is 71.6 cm³/mol. The van der Waals surface area contributed by atoms with Gasteiger partial charge in [-0.2, -0.15) is 0 Å². The van der Waals surface area contributed by atoms with Crippen molar-refractivity contribution in [3.8, 4) is 0 Å². The number of para-hydroxylation sites is 1. The fraction of sp³-hybridized carbons (Fsp3) is 0.0769. The Labute approximate surface area is 108 Å². The Bertz CT molecular complexity index is 625. The van der Waals surface area contributed by atoms with Crippen molar-refractivity contribution in [2.24, 2.45) is 5.73 Å². The summed E-state index contributed by atoms with van der Waals surface area (Å²) in [4.78, 5) is 0. The van der Waals surface area contributed by atoms with E-state index >= 15 is 0 Å². The highest BCUT2D eigenvalue weighted by Gasteiger charge is 2.15. The number of benzene rings is 1. The minimum atomic E-state index is -0.258. The number of furan rings is 1. The van der Waals surface area contributed by atoms with Crippen LogP contribution in [0.25, 0.3) is 11.0 Å². The third-order valence-electron chi connectivity index (χ3n) is 2.70. The number of fused-ring (bicyclic) bond motifs is 1. The van der Waals surface area contributed by atoms with Crippen molar-refractivity contribution in [2.75, 3.05) is 0 Å². The minimum Gasteiger partial charge on any atom is -0.459 e. The second-order valence-corrected chi connectivity index (χ2v) is 5.39. The molecule has 3 rings (SSSR count). The van der Waals surface area contributed by atoms with Crippen molar-refractivity contribution < 1.29 is 4.42 Å². The summed E-state index contributed by atoms with van der Waals surface area (Å²) in [5.74, 6) is 0.765. The zero-order valence-corrected chi connectivity index (χ0v) is 10.5. The summed E-state index contributed by atoms with van der Waals surface area (Å²) in [6.45, 7) is 0. The zero-order valence-electron chi connectivity index (χ0n) is 8.89. The van der Waals surface area contributed by atoms with E-state index in [2.05, 4.69) is 0 Å². The maximum absolute atomic E-state index is 6.15. The van der Waals surface area contributed by atoms with Gasteiger partial charge in [0.1, 0.15) is 11.3 Å². The monoisotopic (exact) mass is 263 g/mol. The molecule has 0 saturated heterocycles. The molecule has 1 unspecified atom stereocenters. The van der Waals surface area contributed by atoms with Crippen LogP contribution in [0.15, 0.2) is 46.2 Å². The summed E-state index contributed by atoms with van der Waals surface area (Å²) in [5, 5.41) is 3.03. The normalized spacial score (nSPS) is 13.1. The molecule has 2 nitrogen and oxygen atoms in total. The van der Waals surface area contributed by atoms with Crippen LogP contribution in [0.1, 0.15) is 17.4 Å². The maximum atomic E-state index is 6.15. The Morgan fingerprint density at radius 3 is 2.76 bits per heavy atom. The van der Waals surface area contributed by atoms with Gasteiger partial charge in [-0.05, 0) is 29.1 Å². The highest BCUT2D eigenvalue weighted by Crippen LogP contribution is 2.30. The van der Waals surface area contributed by atoms with Crippen molar-refractivity contribution in [3.63, 3.8) is 0 Å². The van der Waals surface area contributed by atoms with E-state index in [9.17, 15) is 0 Å². The summed E-state index contributed by atoms with van der Waals surface area (Å²) in [6.07, 6.45) is 0. The van der Waals surface area contributed by atoms with E-state index in [1.807, 2.05) is 41.8 Å². The van der Waals surface area contributed by atoms with E-state index in [0.717, 1.165) is 26.6 Å². The number of nitrogens with two attached hydrogens (primary N) is 1. The van der Waals surface area contributed by atoms with Crippen molar-refractivity contribution in [1.29, 1.82) is 0 Å². The molecule has 2 aromatic heterocycles. The molecule has 86 valence electrons. The van der Waals surface area contributed by atoms with Crippen molar-refractivity contribution >= 4 is 33.9 Å². The van der Waals surface area contributed by atoms with Gasteiger partial charge in [-0.25, -0.2) is 0 Å². The highest BCUT2D eigenvalue weighted by molar-refractivity contribution is 7.14. The lowest BCUT2D eigenvalue weighted by molar-refractivity contribution is 0.525. The minimum absolute atomic E-state index is 0.258. The predicted octanol–water partition coefficient (Wildman–Crippen LogP) is 4.20. The quantitative estimate of drug-likeness (QED) is 0.753. The lowest BCUT2D eigenvalue weighted by atomic mass is 10.1. The van der Waals surface area contributed by atoms with Crippen LogP contribution in [0.4, 0.5) is 0 Å². The largest absolute Gasteiger partial charge is 0.459 e. The molecular weight excluding hydrogens is 254 g/mol. The fourth-order valence-corrected chi connectivity index (χ4v) is 2.73. The van der Waals surface area contributed by atoms with E-state index in [1.54, 1.807) is 0 Å². The Balaban J connectivity index is 2.03. The molecule has 0 spiro atoms. The molecule has 0 aliphatic rings. The van der Waals surface area contributed by atoms with Crippen molar-refractivity contribution in [1.82, 2.24) is 0 Å². The molecule has 17 heavy (non-hydrogen) atoms. The first-order valence-corrected chi connectivity index (χ1v) is 6.48. The van der Waals surface area contributed by atoms with Crippen molar-refractivity contribution in [2.45, 2.75) is 6.04 Å². The Kier molecular flexibility index (Phi) is 2.67. The Morgan fingerprint density at radius 2 is 2.06 bits per heavy atom. The number of hydrogen-bond acceptors (Lipinski definition) is 3. The van der Waals surface area contributed by atoms with Gasteiger partial charge in [0, 0.05) is 5.39 Å². The van der Waals surface area contributed by atoms with Gasteiger partial charge in [-0.15, -0.1) is 11.3 Å². The van der Waals surface area contributed by atoms with E-state index in [0.29, 0.717) is 0 Å². The van der Waals surface area contributed by atoms with Gasteiger partial charge >= 0.3 is 0 Å². The topological polar surface area (TPSA) is 39.2 Å². The summed E-state index contributed by atoms with van der Waals surface area (Å²) in [7, 11) is 0. The van der Waals surface area contributed by atoms with Crippen LogP contribution in [-0.2, 0) is 0 Å². The van der Waals surface area contributed by atoms with Crippen LogP contribution < -0.4 is 5.73 Å². The molecule has 2 N–H and O–H groups in total. The van der Waals surface area contributed by atoms with E-state index in [4.69, 9.17) is 21.8 Å². The zero-order chi connectivity index (χ0) is 11.8. The smallest absolute Gasteiger partial charge is 0.134 e. The highest BCUT2D eigenvalue weighted by atomic mass is 35.5. The van der Waals surface area contributed by atoms with E-state index < -0.39 is 0 Å². The van der Waals surface area contributed by atoms with Gasteiger partial charge in [0.2, 0.25) is 0 Å². The molecule has 0 radical (unpaired) electrons. The molecule has 0 amide bonds. The average molecular weight is 264 g/mol. The number of rotatable bonds is 2. The van der Waals surface area contributed by atoms with Crippen LogP contribution in [0, 0.1) is 0 Å². The third-order valence-corrected chi connectivity index (χ3v) is 3.81. The van der Waals surface area contributed by atoms with Gasteiger partial charge in [0.25, 0.3) is 0 Å². The summed E-state index contributed by atoms with van der Waals surface area (Å²) < 4.78 is 6.47. The SMILES string of the molecule is NC(c1csc(Cl)c1)c1cc2ccccc2o1. The molecule has 0 saturated carbocycles. The van der Waals surface area contributed by atoms with Gasteiger partial charge < -0.3 is 10.2 Å². The first-order valence-electron chi connectivity index (χ1n) is 5.22. The third kappa shape index (κ3) is 1.97. The van der Waals surface area contributed by atoms with Crippen LogP contribution in [0.5, 0.6) is 0 Å². The van der Waals surface area contributed by atoms with Crippen molar-refractivity contribution in [3.05, 3.63) is 57.4 Å². The lowest BCUT2D eigenvalue weighted by Gasteiger charge is -2.04. The first-order chi connectivity index (χ1) is 8.24. The second kappa shape index (κ2) is 4.18. The molecule has 4 heteroatoms. The molecule has 1 aromatic carbocycles. The maximum Gasteiger partial charge on any atom is 0.134 e. The molecule has 0 aliphatic heterocycles. The van der Waals surface area contributed by atoms with Crippen LogP contribution >= 0.6 is 22.9 Å². The summed E-state index contributed by atoms with van der Waals surface area (Å²) >= 11 is 7.38. The molecule has 2 heterocycles.